The predicted molar refractivity (Wildman–Crippen MR) is 208 cm³/mol. The molecule has 2 unspecified atom stereocenters. The SMILES string of the molecule is CC[C@]12O[C@@H](n3cnc4c(NC(=O)c5ccccc5)ncnc43)[C@@H](OC13CC3)C2O.O=C(Nc1ncnc2c1ncn2[C@@H]1O[C@]2(CO)C(O)[C@@H]1OC21CC1)c1ccccc1. The van der Waals surface area contributed by atoms with E-state index in [9.17, 15) is 24.9 Å². The number of aliphatic hydroxyl groups excluding tert-OH is 3. The number of aliphatic hydroxyl groups is 3. The minimum absolute atomic E-state index is 0.271. The summed E-state index contributed by atoms with van der Waals surface area (Å²) in [6.45, 7) is 1.68. The fourth-order valence-electron chi connectivity index (χ4n) is 9.69. The smallest absolute Gasteiger partial charge is 0.256 e. The number of carbonyl (C=O) groups is 2. The van der Waals surface area contributed by atoms with E-state index < -0.39 is 53.7 Å². The summed E-state index contributed by atoms with van der Waals surface area (Å²) in [6.07, 6.45) is 5.78. The monoisotopic (exact) mass is 816 g/mol. The zero-order valence-electron chi connectivity index (χ0n) is 32.2. The largest absolute Gasteiger partial charge is 0.393 e. The third-order valence-corrected chi connectivity index (χ3v) is 13.0. The van der Waals surface area contributed by atoms with Crippen LogP contribution < -0.4 is 10.6 Å². The summed E-state index contributed by atoms with van der Waals surface area (Å²) in [5, 5.41) is 37.3. The highest BCUT2D eigenvalue weighted by Crippen LogP contribution is 2.66. The molecule has 6 aromatic rings. The highest BCUT2D eigenvalue weighted by atomic mass is 16.7. The summed E-state index contributed by atoms with van der Waals surface area (Å²) in [6, 6.07) is 17.7. The maximum Gasteiger partial charge on any atom is 0.256 e. The molecule has 6 fully saturated rings. The third kappa shape index (κ3) is 5.20. The number of nitrogens with zero attached hydrogens (tertiary/aromatic N) is 8. The van der Waals surface area contributed by atoms with Gasteiger partial charge in [0.05, 0.1) is 19.3 Å². The van der Waals surface area contributed by atoms with Crippen LogP contribution in [-0.2, 0) is 18.9 Å². The van der Waals surface area contributed by atoms with Gasteiger partial charge in [-0.2, -0.15) is 0 Å². The van der Waals surface area contributed by atoms with Crippen LogP contribution in [-0.4, -0.2) is 120 Å². The number of fused-ring (bicyclic) bond motifs is 8. The van der Waals surface area contributed by atoms with Crippen LogP contribution in [0.2, 0.25) is 0 Å². The predicted octanol–water partition coefficient (Wildman–Crippen LogP) is 2.68. The van der Waals surface area contributed by atoms with Gasteiger partial charge in [0.2, 0.25) is 0 Å². The Labute approximate surface area is 340 Å². The minimum Gasteiger partial charge on any atom is -0.393 e. The maximum atomic E-state index is 12.5. The maximum absolute atomic E-state index is 12.5. The molecule has 2 saturated carbocycles. The number of imidazole rings is 2. The molecule has 6 aliphatic rings. The lowest BCUT2D eigenvalue weighted by molar-refractivity contribution is -0.233. The molecule has 0 radical (unpaired) electrons. The van der Waals surface area contributed by atoms with Gasteiger partial charge in [-0.3, -0.25) is 18.7 Å². The van der Waals surface area contributed by atoms with Crippen LogP contribution in [0.4, 0.5) is 11.6 Å². The van der Waals surface area contributed by atoms with Gasteiger partial charge in [-0.25, -0.2) is 29.9 Å². The number of aromatic nitrogens is 8. The Kier molecular flexibility index (Phi) is 8.28. The molecule has 2 spiro atoms. The molecule has 19 nitrogen and oxygen atoms in total. The summed E-state index contributed by atoms with van der Waals surface area (Å²) >= 11 is 0. The fraction of sp³-hybridized carbons (Fsp3) is 0.415. The number of ether oxygens (including phenoxy) is 4. The van der Waals surface area contributed by atoms with Crippen LogP contribution in [0.3, 0.4) is 0 Å². The summed E-state index contributed by atoms with van der Waals surface area (Å²) in [4.78, 5) is 50.9. The summed E-state index contributed by atoms with van der Waals surface area (Å²) in [5.41, 5.74) is -0.00124. The standard InChI is InChI=1S/C21H21N5O4.C20H19N5O5/c1-2-21-15(27)14(29-20(21)8-9-20)19(30-21)26-11-24-13-16(22-10-23-17(13)26)25-18(28)12-6-4-3-5-7-12;26-8-20-14(27)13(29-19(20)6-7-19)18(30-20)25-10-23-12-15(21-9-22-16(12)25)24-17(28)11-4-2-1-3-5-11/h3-7,10-11,14-15,19,27H,2,8-9H2,1H3,(H,22,23,25,28);1-5,9-10,13-14,18,26-27H,6-8H2,(H,21,22,24,28)/t14-,15?,19+,21+;13-,14?,18+,20+/m00/s1. The van der Waals surface area contributed by atoms with Crippen LogP contribution in [0, 0.1) is 0 Å². The molecule has 2 aliphatic carbocycles. The first-order valence-electron chi connectivity index (χ1n) is 19.9. The fourth-order valence-corrected chi connectivity index (χ4v) is 9.69. The molecule has 4 bridgehead atoms. The van der Waals surface area contributed by atoms with Crippen molar-refractivity contribution in [2.45, 2.75) is 98.3 Å². The summed E-state index contributed by atoms with van der Waals surface area (Å²) < 4.78 is 28.4. The Bertz CT molecular complexity index is 2470. The zero-order valence-corrected chi connectivity index (χ0v) is 32.2. The first-order chi connectivity index (χ1) is 29.2. The highest BCUT2D eigenvalue weighted by Gasteiger charge is 2.79. The lowest BCUT2D eigenvalue weighted by Crippen LogP contribution is -2.52. The molecular weight excluding hydrogens is 777 g/mol. The number of carbonyl (C=O) groups excluding carboxylic acids is 2. The number of hydrogen-bond acceptors (Lipinski definition) is 15. The average Bonchev–Trinajstić information content (AvgIpc) is 3.96. The lowest BCUT2D eigenvalue weighted by atomic mass is 9.88. The van der Waals surface area contributed by atoms with Gasteiger partial charge < -0.3 is 44.9 Å². The number of nitrogens with one attached hydrogen (secondary N) is 2. The van der Waals surface area contributed by atoms with Gasteiger partial charge in [-0.1, -0.05) is 43.3 Å². The molecule has 4 saturated heterocycles. The Morgan fingerprint density at radius 1 is 0.650 bits per heavy atom. The molecule has 5 N–H and O–H groups in total. The third-order valence-electron chi connectivity index (χ3n) is 13.0. The van der Waals surface area contributed by atoms with Crippen molar-refractivity contribution in [1.29, 1.82) is 0 Å². The van der Waals surface area contributed by atoms with Crippen molar-refractivity contribution in [1.82, 2.24) is 39.0 Å². The Morgan fingerprint density at radius 3 is 1.52 bits per heavy atom. The lowest BCUT2D eigenvalue weighted by Gasteiger charge is -2.37. The minimum atomic E-state index is -1.14. The second-order valence-electron chi connectivity index (χ2n) is 16.1. The number of benzene rings is 2. The van der Waals surface area contributed by atoms with Gasteiger partial charge >= 0.3 is 0 Å². The quantitative estimate of drug-likeness (QED) is 0.148. The van der Waals surface area contributed by atoms with E-state index in [0.29, 0.717) is 45.7 Å². The first kappa shape index (κ1) is 37.2. The topological polar surface area (TPSA) is 243 Å². The van der Waals surface area contributed by atoms with Crippen molar-refractivity contribution in [3.8, 4) is 0 Å². The molecule has 4 aromatic heterocycles. The van der Waals surface area contributed by atoms with Crippen LogP contribution in [0.25, 0.3) is 22.3 Å². The van der Waals surface area contributed by atoms with Gasteiger partial charge in [-0.15, -0.1) is 0 Å². The van der Waals surface area contributed by atoms with Crippen molar-refractivity contribution in [2.75, 3.05) is 17.2 Å². The second kappa shape index (κ2) is 13.4. The van der Waals surface area contributed by atoms with Gasteiger partial charge in [0.25, 0.3) is 11.8 Å². The number of hydrogen-bond donors (Lipinski definition) is 5. The molecule has 8 heterocycles. The van der Waals surface area contributed by atoms with E-state index in [1.165, 1.54) is 19.0 Å². The van der Waals surface area contributed by atoms with E-state index in [2.05, 4.69) is 40.5 Å². The van der Waals surface area contributed by atoms with Crippen molar-refractivity contribution >= 4 is 45.8 Å². The molecule has 2 aromatic carbocycles. The van der Waals surface area contributed by atoms with E-state index in [1.807, 2.05) is 19.1 Å². The Balaban J connectivity index is 0.000000136. The summed E-state index contributed by atoms with van der Waals surface area (Å²) in [7, 11) is 0. The molecule has 12 rings (SSSR count). The van der Waals surface area contributed by atoms with Gasteiger partial charge in [0.1, 0.15) is 53.9 Å². The molecule has 8 atom stereocenters. The van der Waals surface area contributed by atoms with Crippen molar-refractivity contribution in [3.63, 3.8) is 0 Å². The van der Waals surface area contributed by atoms with Crippen LogP contribution in [0.1, 0.15) is 72.2 Å². The Hall–Kier alpha value is -5.80. The normalized spacial score (nSPS) is 30.8. The molecular formula is C41H40N10O9. The molecule has 60 heavy (non-hydrogen) atoms. The molecule has 2 amide bonds. The number of rotatable bonds is 8. The second-order valence-corrected chi connectivity index (χ2v) is 16.1. The van der Waals surface area contributed by atoms with E-state index in [4.69, 9.17) is 18.9 Å². The first-order valence-corrected chi connectivity index (χ1v) is 19.9. The average molecular weight is 817 g/mol. The molecule has 4 aliphatic heterocycles. The number of anilines is 2. The van der Waals surface area contributed by atoms with Crippen LogP contribution in [0.5, 0.6) is 0 Å². The van der Waals surface area contributed by atoms with Gasteiger partial charge in [0.15, 0.2) is 52.0 Å². The Morgan fingerprint density at radius 2 is 1.08 bits per heavy atom. The molecule has 19 heteroatoms. The van der Waals surface area contributed by atoms with E-state index in [0.717, 1.165) is 25.7 Å². The van der Waals surface area contributed by atoms with Crippen molar-refractivity contribution in [3.05, 3.63) is 97.1 Å². The highest BCUT2D eigenvalue weighted by molar-refractivity contribution is 6.07. The van der Waals surface area contributed by atoms with Crippen molar-refractivity contribution in [2.24, 2.45) is 0 Å². The summed E-state index contributed by atoms with van der Waals surface area (Å²) in [5.74, 6) is 0.00420. The van der Waals surface area contributed by atoms with Gasteiger partial charge in [-0.05, 0) is 56.4 Å². The van der Waals surface area contributed by atoms with E-state index in [1.54, 1.807) is 64.0 Å². The van der Waals surface area contributed by atoms with Crippen LogP contribution in [0.15, 0.2) is 86.0 Å². The zero-order chi connectivity index (χ0) is 41.0. The number of amides is 2. The van der Waals surface area contributed by atoms with E-state index in [-0.39, 0.29) is 29.8 Å². The molecule has 308 valence electrons. The van der Waals surface area contributed by atoms with Crippen LogP contribution >= 0.6 is 0 Å². The van der Waals surface area contributed by atoms with E-state index >= 15 is 0 Å². The van der Waals surface area contributed by atoms with Crippen molar-refractivity contribution < 1.29 is 43.9 Å². The van der Waals surface area contributed by atoms with Gasteiger partial charge in [0, 0.05) is 11.1 Å².